The van der Waals surface area contributed by atoms with E-state index in [0.717, 1.165) is 13.0 Å². The number of nitrogens with zero attached hydrogens (tertiary/aromatic N) is 1. The highest BCUT2D eigenvalue weighted by Crippen LogP contribution is 2.77. The number of carboxylic acids is 1. The number of allylic oxidation sites excluding steroid dienone is 3. The Morgan fingerprint density at radius 3 is 2.27 bits per heavy atom. The molecule has 4 saturated carbocycles. The van der Waals surface area contributed by atoms with Crippen LogP contribution < -0.4 is 5.32 Å². The summed E-state index contributed by atoms with van der Waals surface area (Å²) in [5.41, 5.74) is 5.33. The molecule has 0 aromatic heterocycles. The maximum atomic E-state index is 13.0. The van der Waals surface area contributed by atoms with E-state index in [9.17, 15) is 19.5 Å². The lowest BCUT2D eigenvalue weighted by Gasteiger charge is -2.72. The highest BCUT2D eigenvalue weighted by molar-refractivity contribution is 5.88. The third-order valence-corrected chi connectivity index (χ3v) is 16.9. The average Bonchev–Trinajstić information content (AvgIpc) is 3.47. The first-order chi connectivity index (χ1) is 24.1. The van der Waals surface area contributed by atoms with Gasteiger partial charge in [0.05, 0.1) is 5.56 Å². The summed E-state index contributed by atoms with van der Waals surface area (Å²) in [6, 6.07) is 7.58. The van der Waals surface area contributed by atoms with Crippen LogP contribution in [0.1, 0.15) is 135 Å². The monoisotopic (exact) mass is 696 g/mol. The number of carbonyl (C=O) groups excluding carboxylic acids is 2. The molecule has 5 fully saturated rings. The van der Waals surface area contributed by atoms with Gasteiger partial charge in [0, 0.05) is 45.4 Å². The highest BCUT2D eigenvalue weighted by Gasteiger charge is 2.70. The fourth-order valence-electron chi connectivity index (χ4n) is 14.2. The maximum absolute atomic E-state index is 13.0. The van der Waals surface area contributed by atoms with Crippen LogP contribution in [0, 0.1) is 56.7 Å². The lowest BCUT2D eigenvalue weighted by atomic mass is 9.32. The number of carbonyl (C=O) groups is 3. The van der Waals surface area contributed by atoms with Gasteiger partial charge in [0.25, 0.3) is 0 Å². The summed E-state index contributed by atoms with van der Waals surface area (Å²) in [5.74, 6) is 2.73. The second-order valence-electron chi connectivity index (χ2n) is 19.3. The summed E-state index contributed by atoms with van der Waals surface area (Å²) in [6.45, 7) is 22.7. The van der Waals surface area contributed by atoms with Crippen LogP contribution in [0.4, 0.5) is 0 Å². The van der Waals surface area contributed by atoms with E-state index in [2.05, 4.69) is 59.5 Å². The molecule has 51 heavy (non-hydrogen) atoms. The Morgan fingerprint density at radius 1 is 0.902 bits per heavy atom. The van der Waals surface area contributed by atoms with E-state index in [1.165, 1.54) is 68.1 Å². The van der Waals surface area contributed by atoms with Crippen molar-refractivity contribution in [1.82, 2.24) is 10.2 Å². The van der Waals surface area contributed by atoms with Crippen molar-refractivity contribution in [3.05, 3.63) is 53.6 Å². The Morgan fingerprint density at radius 2 is 1.61 bits per heavy atom. The number of fused-ring (bicyclic) bond motifs is 7. The predicted octanol–water partition coefficient (Wildman–Crippen LogP) is 9.21. The van der Waals surface area contributed by atoms with Gasteiger partial charge in [-0.05, 0) is 145 Å². The zero-order chi connectivity index (χ0) is 36.6. The summed E-state index contributed by atoms with van der Waals surface area (Å²) < 4.78 is 0. The first-order valence-corrected chi connectivity index (χ1v) is 20.3. The lowest BCUT2D eigenvalue weighted by Crippen LogP contribution is -2.65. The van der Waals surface area contributed by atoms with Crippen molar-refractivity contribution >= 4 is 23.2 Å². The summed E-state index contributed by atoms with van der Waals surface area (Å²) in [7, 11) is 0. The number of benzene rings is 1. The van der Waals surface area contributed by atoms with Crippen LogP contribution in [0.15, 0.2) is 42.5 Å². The quantitative estimate of drug-likeness (QED) is 0.209. The summed E-state index contributed by atoms with van der Waals surface area (Å²) >= 11 is 0. The standard InChI is InChI=1S/C45H64N2O4/c1-29(2)33-14-22-45(28-46-25-17-38(49)47-26-18-32(48)19-27-47)24-23-43(6)35(39(33)45)12-13-37-42(5)20-15-34(30-8-10-31(11-9-30)40(50)51)41(3,4)36(42)16-21-44(37,43)7/h8-11,15,33,35-37,39,46H,1,12-14,16-28H2,2-7H3,(H,50,51)/t33-,35+,36-,37+,39+,42-,43+,44+,45+/m0/s1. The minimum absolute atomic E-state index is 0.00746. The fraction of sp³-hybridized carbons (Fsp3) is 0.711. The fourth-order valence-corrected chi connectivity index (χ4v) is 14.2. The zero-order valence-electron chi connectivity index (χ0n) is 32.4. The molecule has 6 heteroatoms. The van der Waals surface area contributed by atoms with E-state index in [1.807, 2.05) is 17.0 Å². The second kappa shape index (κ2) is 13.0. The van der Waals surface area contributed by atoms with Crippen LogP contribution in [0.2, 0.25) is 0 Å². The van der Waals surface area contributed by atoms with Gasteiger partial charge >= 0.3 is 5.97 Å². The number of carboxylic acid groups (broad SMARTS) is 1. The van der Waals surface area contributed by atoms with Gasteiger partial charge < -0.3 is 15.3 Å². The SMILES string of the molecule is C=C(C)[C@@H]1CC[C@]2(CNCCC(=O)N3CCC(=O)CC3)CC[C@]3(C)[C@H](CC[C@@H]4[C@@]5(C)CC=C(c6ccc(C(=O)O)cc6)C(C)(C)[C@@H]5CC[C@]43C)[C@@H]12. The molecule has 1 aromatic rings. The number of rotatable bonds is 8. The molecule has 9 atom stereocenters. The molecule has 1 aliphatic heterocycles. The van der Waals surface area contributed by atoms with Crippen LogP contribution in [0.5, 0.6) is 0 Å². The van der Waals surface area contributed by atoms with Gasteiger partial charge in [0.1, 0.15) is 5.78 Å². The van der Waals surface area contributed by atoms with E-state index < -0.39 is 5.97 Å². The minimum atomic E-state index is -0.870. The number of Topliss-reactive ketones (excluding diaryl/α,β-unsaturated/α-hetero) is 1. The summed E-state index contributed by atoms with van der Waals surface area (Å²) in [5, 5.41) is 13.3. The van der Waals surface area contributed by atoms with Crippen LogP contribution >= 0.6 is 0 Å². The molecule has 6 nitrogen and oxygen atoms in total. The molecule has 0 bridgehead atoms. The molecule has 0 radical (unpaired) electrons. The van der Waals surface area contributed by atoms with Gasteiger partial charge in [-0.2, -0.15) is 0 Å². The lowest BCUT2D eigenvalue weighted by molar-refractivity contribution is -0.225. The van der Waals surface area contributed by atoms with E-state index >= 15 is 0 Å². The average molecular weight is 697 g/mol. The molecule has 5 aliphatic carbocycles. The number of nitrogens with one attached hydrogen (secondary N) is 1. The Labute approximate surface area is 307 Å². The van der Waals surface area contributed by atoms with Gasteiger partial charge in [-0.3, -0.25) is 9.59 Å². The predicted molar refractivity (Wildman–Crippen MR) is 204 cm³/mol. The number of piperidine rings is 1. The molecule has 278 valence electrons. The molecule has 7 rings (SSSR count). The van der Waals surface area contributed by atoms with E-state index in [1.54, 1.807) is 12.1 Å². The van der Waals surface area contributed by atoms with Crippen LogP contribution in [0.3, 0.4) is 0 Å². The van der Waals surface area contributed by atoms with Gasteiger partial charge in [-0.1, -0.05) is 65.0 Å². The molecule has 2 N–H and O–H groups in total. The first-order valence-electron chi connectivity index (χ1n) is 20.3. The Kier molecular flexibility index (Phi) is 9.33. The van der Waals surface area contributed by atoms with Crippen LogP contribution in [-0.2, 0) is 9.59 Å². The normalized spacial score (nSPS) is 40.0. The number of likely N-dealkylation sites (tertiary alicyclic amines) is 1. The third kappa shape index (κ3) is 5.71. The molecule has 1 saturated heterocycles. The van der Waals surface area contributed by atoms with Gasteiger partial charge in [0.15, 0.2) is 0 Å². The zero-order valence-corrected chi connectivity index (χ0v) is 32.4. The molecule has 6 aliphatic rings. The van der Waals surface area contributed by atoms with Crippen molar-refractivity contribution in [3.63, 3.8) is 0 Å². The molecule has 1 aromatic carbocycles. The van der Waals surface area contributed by atoms with E-state index in [-0.39, 0.29) is 38.8 Å². The van der Waals surface area contributed by atoms with Crippen molar-refractivity contribution in [3.8, 4) is 0 Å². The van der Waals surface area contributed by atoms with Crippen molar-refractivity contribution in [2.75, 3.05) is 26.2 Å². The maximum Gasteiger partial charge on any atom is 0.335 e. The van der Waals surface area contributed by atoms with E-state index in [4.69, 9.17) is 0 Å². The molecular formula is C45H64N2O4. The smallest absolute Gasteiger partial charge is 0.335 e. The minimum Gasteiger partial charge on any atom is -0.478 e. The Bertz CT molecular complexity index is 1600. The van der Waals surface area contributed by atoms with Crippen molar-refractivity contribution < 1.29 is 19.5 Å². The number of ketones is 1. The van der Waals surface area contributed by atoms with Crippen LogP contribution in [-0.4, -0.2) is 53.8 Å². The van der Waals surface area contributed by atoms with Crippen molar-refractivity contribution in [2.45, 2.75) is 119 Å². The number of aromatic carboxylic acids is 1. The Hall–Kier alpha value is -2.73. The first kappa shape index (κ1) is 36.6. The number of hydrogen-bond donors (Lipinski definition) is 2. The molecule has 0 unspecified atom stereocenters. The van der Waals surface area contributed by atoms with Gasteiger partial charge in [-0.15, -0.1) is 0 Å². The molecule has 0 spiro atoms. The van der Waals surface area contributed by atoms with Crippen molar-refractivity contribution in [1.29, 1.82) is 0 Å². The van der Waals surface area contributed by atoms with Crippen LogP contribution in [0.25, 0.3) is 5.57 Å². The van der Waals surface area contributed by atoms with E-state index in [0.29, 0.717) is 74.0 Å². The topological polar surface area (TPSA) is 86.7 Å². The Balaban J connectivity index is 1.11. The third-order valence-electron chi connectivity index (χ3n) is 16.9. The second-order valence-corrected chi connectivity index (χ2v) is 19.3. The summed E-state index contributed by atoms with van der Waals surface area (Å²) in [6.07, 6.45) is 15.3. The largest absolute Gasteiger partial charge is 0.478 e. The van der Waals surface area contributed by atoms with Crippen molar-refractivity contribution in [2.24, 2.45) is 56.7 Å². The molecular weight excluding hydrogens is 633 g/mol. The number of amides is 1. The number of hydrogen-bond acceptors (Lipinski definition) is 4. The summed E-state index contributed by atoms with van der Waals surface area (Å²) in [4.78, 5) is 38.1. The molecule has 1 heterocycles. The molecule has 1 amide bonds. The van der Waals surface area contributed by atoms with Gasteiger partial charge in [-0.25, -0.2) is 4.79 Å². The van der Waals surface area contributed by atoms with Gasteiger partial charge in [0.2, 0.25) is 5.91 Å². The highest BCUT2D eigenvalue weighted by atomic mass is 16.4.